The summed E-state index contributed by atoms with van der Waals surface area (Å²) in [4.78, 5) is 6.55. The number of nitrogens with one attached hydrogen (secondary N) is 1. The molecule has 4 aromatic rings. The molecular formula is C20H21F2N7O2. The Morgan fingerprint density at radius 3 is 2.94 bits per heavy atom. The molecule has 9 nitrogen and oxygen atoms in total. The summed E-state index contributed by atoms with van der Waals surface area (Å²) in [6.07, 6.45) is 2.45. The molecular weight excluding hydrogens is 408 g/mol. The molecule has 5 heterocycles. The van der Waals surface area contributed by atoms with Gasteiger partial charge in [0.2, 0.25) is 0 Å². The third-order valence-electron chi connectivity index (χ3n) is 5.50. The molecule has 1 aliphatic heterocycles. The number of H-pyrrole nitrogens is 1. The van der Waals surface area contributed by atoms with E-state index in [1.54, 1.807) is 29.2 Å². The van der Waals surface area contributed by atoms with Gasteiger partial charge in [0.1, 0.15) is 18.2 Å². The van der Waals surface area contributed by atoms with Crippen LogP contribution < -0.4 is 15.4 Å². The van der Waals surface area contributed by atoms with Crippen LogP contribution in [0.3, 0.4) is 0 Å². The molecule has 0 aliphatic carbocycles. The van der Waals surface area contributed by atoms with Crippen LogP contribution >= 0.6 is 0 Å². The molecule has 162 valence electrons. The number of rotatable bonds is 5. The summed E-state index contributed by atoms with van der Waals surface area (Å²) in [5.74, 6) is 1.01. The van der Waals surface area contributed by atoms with E-state index in [9.17, 15) is 13.9 Å². The second-order valence-corrected chi connectivity index (χ2v) is 7.59. The van der Waals surface area contributed by atoms with E-state index >= 15 is 0 Å². The number of nitrogens with zero attached hydrogens (tertiary/aromatic N) is 5. The number of fused-ring (bicyclic) bond motifs is 3. The first kappa shape index (κ1) is 19.6. The van der Waals surface area contributed by atoms with Crippen molar-refractivity contribution in [2.45, 2.75) is 25.0 Å². The van der Waals surface area contributed by atoms with Crippen LogP contribution in [0, 0.1) is 0 Å². The molecule has 1 aliphatic rings. The average Bonchev–Trinajstić information content (AvgIpc) is 3.35. The summed E-state index contributed by atoms with van der Waals surface area (Å²) in [5, 5.41) is 22.1. The number of ether oxygens (including phenoxy) is 1. The number of aliphatic hydroxyl groups is 1. The number of halogens is 2. The lowest BCUT2D eigenvalue weighted by molar-refractivity contribution is 0.0816. The number of anilines is 1. The Balaban J connectivity index is 1.53. The Morgan fingerprint density at radius 2 is 2.19 bits per heavy atom. The number of aliphatic hydroxyl groups excluding tert-OH is 1. The first-order valence-electron chi connectivity index (χ1n) is 9.91. The van der Waals surface area contributed by atoms with E-state index in [1.165, 1.54) is 0 Å². The monoisotopic (exact) mass is 429 g/mol. The van der Waals surface area contributed by atoms with E-state index in [-0.39, 0.29) is 11.8 Å². The summed E-state index contributed by atoms with van der Waals surface area (Å²) in [6.45, 7) is 0.430. The lowest BCUT2D eigenvalue weighted by Gasteiger charge is -2.34. The lowest BCUT2D eigenvalue weighted by Crippen LogP contribution is -2.50. The number of nitrogens with two attached hydrogens (primary N) is 1. The lowest BCUT2D eigenvalue weighted by atomic mass is 10.0. The van der Waals surface area contributed by atoms with E-state index in [1.807, 2.05) is 17.0 Å². The van der Waals surface area contributed by atoms with E-state index < -0.39 is 19.1 Å². The smallest absolute Gasteiger partial charge is 0.272 e. The third kappa shape index (κ3) is 3.66. The minimum Gasteiger partial charge on any atom is -0.486 e. The van der Waals surface area contributed by atoms with Crippen LogP contribution in [0.1, 0.15) is 6.42 Å². The minimum atomic E-state index is -2.58. The fraction of sp³-hybridized carbons (Fsp3) is 0.350. The molecule has 2 atom stereocenters. The second kappa shape index (κ2) is 7.75. The molecule has 1 fully saturated rings. The van der Waals surface area contributed by atoms with Gasteiger partial charge in [0, 0.05) is 36.5 Å². The molecule has 0 saturated carbocycles. The van der Waals surface area contributed by atoms with Crippen molar-refractivity contribution in [3.8, 4) is 16.9 Å². The third-order valence-corrected chi connectivity index (χ3v) is 5.50. The Morgan fingerprint density at radius 1 is 1.32 bits per heavy atom. The van der Waals surface area contributed by atoms with Crippen molar-refractivity contribution in [2.75, 3.05) is 24.6 Å². The molecule has 0 unspecified atom stereocenters. The SMILES string of the molecule is N[C@H]1CCN(c2ccc(-c3cc(OCC(F)F)cn4nc5[nH]ncc5c34)cn2)C[C@@H]1O. The standard InChI is InChI=1S/C20H21F2N7O2/c21-17(22)10-31-12-5-13(19-14-7-25-26-20(14)27-29(19)8-12)11-1-2-18(24-6-11)28-4-3-15(23)16(30)9-28/h1-2,5-8,15-17,30H,3-4,9-10,23H2,(H,26,27)/t15-,16-/m0/s1. The van der Waals surface area contributed by atoms with Crippen molar-refractivity contribution in [3.63, 3.8) is 0 Å². The van der Waals surface area contributed by atoms with Crippen LogP contribution in [-0.2, 0) is 0 Å². The number of aromatic amines is 1. The maximum atomic E-state index is 12.6. The summed E-state index contributed by atoms with van der Waals surface area (Å²) in [6, 6.07) is 5.24. The molecule has 0 bridgehead atoms. The number of piperidine rings is 1. The first-order chi connectivity index (χ1) is 15.0. The maximum Gasteiger partial charge on any atom is 0.272 e. The van der Waals surface area contributed by atoms with E-state index in [0.717, 1.165) is 27.8 Å². The van der Waals surface area contributed by atoms with E-state index in [2.05, 4.69) is 20.3 Å². The highest BCUT2D eigenvalue weighted by Gasteiger charge is 2.25. The molecule has 31 heavy (non-hydrogen) atoms. The van der Waals surface area contributed by atoms with Crippen LogP contribution in [0.2, 0.25) is 0 Å². The van der Waals surface area contributed by atoms with Crippen LogP contribution in [-0.4, -0.2) is 68.2 Å². The van der Waals surface area contributed by atoms with Gasteiger partial charge in [-0.2, -0.15) is 5.10 Å². The average molecular weight is 429 g/mol. The summed E-state index contributed by atoms with van der Waals surface area (Å²) >= 11 is 0. The number of β-amino-alcohol motifs (C(OH)–C–C–N with tert-alkyl or cyclic N) is 1. The normalized spacial score (nSPS) is 19.6. The maximum absolute atomic E-state index is 12.6. The molecule has 4 aromatic heterocycles. The van der Waals surface area contributed by atoms with E-state index in [0.29, 0.717) is 25.2 Å². The van der Waals surface area contributed by atoms with Crippen molar-refractivity contribution in [1.29, 1.82) is 0 Å². The Hall–Kier alpha value is -3.31. The number of alkyl halides is 2. The van der Waals surface area contributed by atoms with Crippen LogP contribution in [0.25, 0.3) is 27.7 Å². The van der Waals surface area contributed by atoms with Gasteiger partial charge >= 0.3 is 0 Å². The van der Waals surface area contributed by atoms with Gasteiger partial charge in [-0.05, 0) is 24.6 Å². The zero-order chi connectivity index (χ0) is 21.5. The Kier molecular flexibility index (Phi) is 4.91. The summed E-state index contributed by atoms with van der Waals surface area (Å²) in [7, 11) is 0. The molecule has 0 aromatic carbocycles. The molecule has 11 heteroatoms. The highest BCUT2D eigenvalue weighted by molar-refractivity contribution is 6.00. The van der Waals surface area contributed by atoms with E-state index in [4.69, 9.17) is 10.5 Å². The van der Waals surface area contributed by atoms with Gasteiger partial charge in [-0.1, -0.05) is 0 Å². The molecule has 5 rings (SSSR count). The number of aromatic nitrogens is 5. The van der Waals surface area contributed by atoms with Gasteiger partial charge in [-0.15, -0.1) is 5.10 Å². The van der Waals surface area contributed by atoms with Crippen LogP contribution in [0.5, 0.6) is 5.75 Å². The van der Waals surface area contributed by atoms with Gasteiger partial charge in [-0.3, -0.25) is 5.10 Å². The summed E-state index contributed by atoms with van der Waals surface area (Å²) in [5.41, 5.74) is 8.73. The highest BCUT2D eigenvalue weighted by Crippen LogP contribution is 2.33. The zero-order valence-electron chi connectivity index (χ0n) is 16.4. The Labute approximate surface area is 175 Å². The fourth-order valence-corrected chi connectivity index (χ4v) is 3.89. The molecule has 1 saturated heterocycles. The van der Waals surface area contributed by atoms with Gasteiger partial charge < -0.3 is 20.5 Å². The fourth-order valence-electron chi connectivity index (χ4n) is 3.89. The predicted octanol–water partition coefficient (Wildman–Crippen LogP) is 1.81. The zero-order valence-corrected chi connectivity index (χ0v) is 16.4. The number of hydrogen-bond donors (Lipinski definition) is 3. The van der Waals surface area contributed by atoms with Gasteiger partial charge in [0.25, 0.3) is 6.43 Å². The van der Waals surface area contributed by atoms with Crippen molar-refractivity contribution in [3.05, 3.63) is 36.8 Å². The number of pyridine rings is 2. The van der Waals surface area contributed by atoms with Crippen LogP contribution in [0.15, 0.2) is 36.8 Å². The van der Waals surface area contributed by atoms with Crippen molar-refractivity contribution >= 4 is 22.4 Å². The molecule has 0 spiro atoms. The van der Waals surface area contributed by atoms with Gasteiger partial charge in [0.05, 0.1) is 29.4 Å². The van der Waals surface area contributed by atoms with Crippen LogP contribution in [0.4, 0.5) is 14.6 Å². The van der Waals surface area contributed by atoms with Crippen molar-refractivity contribution in [1.82, 2.24) is 24.8 Å². The Bertz CT molecular complexity index is 1210. The quantitative estimate of drug-likeness (QED) is 0.443. The second-order valence-electron chi connectivity index (χ2n) is 7.59. The number of hydrogen-bond acceptors (Lipinski definition) is 7. The topological polar surface area (TPSA) is 118 Å². The predicted molar refractivity (Wildman–Crippen MR) is 110 cm³/mol. The van der Waals surface area contributed by atoms with Crippen molar-refractivity contribution < 1.29 is 18.6 Å². The molecule has 0 amide bonds. The summed E-state index contributed by atoms with van der Waals surface area (Å²) < 4.78 is 32.1. The largest absolute Gasteiger partial charge is 0.486 e. The first-order valence-corrected chi connectivity index (χ1v) is 9.91. The molecule has 4 N–H and O–H groups in total. The van der Waals surface area contributed by atoms with Gasteiger partial charge in [0.15, 0.2) is 5.65 Å². The van der Waals surface area contributed by atoms with Gasteiger partial charge in [-0.25, -0.2) is 18.3 Å². The molecule has 0 radical (unpaired) electrons. The minimum absolute atomic E-state index is 0.223. The highest BCUT2D eigenvalue weighted by atomic mass is 19.3. The van der Waals surface area contributed by atoms with Crippen molar-refractivity contribution in [2.24, 2.45) is 5.73 Å².